The predicted octanol–water partition coefficient (Wildman–Crippen LogP) is 2.59. The standard InChI is InChI=1S/C16H18FN3O/c17-16-3-2-13(11-19)10-14(16)12-20(7-1-6-18)15-4-8-21-9-5-15/h2-3,10,15H,1,4-5,7-9,12H2. The highest BCUT2D eigenvalue weighted by Gasteiger charge is 2.22. The van der Waals surface area contributed by atoms with Crippen LogP contribution in [-0.2, 0) is 11.3 Å². The molecule has 0 radical (unpaired) electrons. The number of benzene rings is 1. The quantitative estimate of drug-likeness (QED) is 0.835. The Kier molecular flexibility index (Phi) is 5.68. The third kappa shape index (κ3) is 4.26. The van der Waals surface area contributed by atoms with Crippen molar-refractivity contribution in [1.82, 2.24) is 4.90 Å². The first-order chi connectivity index (χ1) is 10.2. The lowest BCUT2D eigenvalue weighted by Gasteiger charge is -2.34. The molecule has 4 nitrogen and oxygen atoms in total. The second-order valence-corrected chi connectivity index (χ2v) is 5.14. The molecule has 2 rings (SSSR count). The fourth-order valence-corrected chi connectivity index (χ4v) is 2.62. The smallest absolute Gasteiger partial charge is 0.127 e. The van der Waals surface area contributed by atoms with Gasteiger partial charge < -0.3 is 4.74 Å². The van der Waals surface area contributed by atoms with Gasteiger partial charge in [0.15, 0.2) is 0 Å². The number of hydrogen-bond donors (Lipinski definition) is 0. The molecule has 0 amide bonds. The molecule has 1 aliphatic rings. The van der Waals surface area contributed by atoms with Crippen LogP contribution in [0.2, 0.25) is 0 Å². The molecule has 0 aromatic heterocycles. The van der Waals surface area contributed by atoms with Crippen LogP contribution in [0.25, 0.3) is 0 Å². The molecule has 0 aliphatic carbocycles. The van der Waals surface area contributed by atoms with Crippen LogP contribution in [0.15, 0.2) is 18.2 Å². The predicted molar refractivity (Wildman–Crippen MR) is 75.6 cm³/mol. The molecule has 0 bridgehead atoms. The topological polar surface area (TPSA) is 60.0 Å². The van der Waals surface area contributed by atoms with E-state index in [0.717, 1.165) is 12.8 Å². The van der Waals surface area contributed by atoms with E-state index in [1.54, 1.807) is 6.07 Å². The van der Waals surface area contributed by atoms with Crippen molar-refractivity contribution >= 4 is 0 Å². The molecule has 1 aromatic rings. The highest BCUT2D eigenvalue weighted by molar-refractivity contribution is 5.33. The minimum Gasteiger partial charge on any atom is -0.381 e. The lowest BCUT2D eigenvalue weighted by Crippen LogP contribution is -2.39. The van der Waals surface area contributed by atoms with E-state index in [1.165, 1.54) is 12.1 Å². The summed E-state index contributed by atoms with van der Waals surface area (Å²) in [6, 6.07) is 8.88. The molecule has 0 unspecified atom stereocenters. The number of nitriles is 2. The Morgan fingerprint density at radius 3 is 2.71 bits per heavy atom. The van der Waals surface area contributed by atoms with Gasteiger partial charge in [0.05, 0.1) is 17.7 Å². The second-order valence-electron chi connectivity index (χ2n) is 5.14. The molecule has 0 atom stereocenters. The lowest BCUT2D eigenvalue weighted by atomic mass is 10.0. The van der Waals surface area contributed by atoms with Crippen LogP contribution in [0.5, 0.6) is 0 Å². The van der Waals surface area contributed by atoms with E-state index in [2.05, 4.69) is 11.0 Å². The molecule has 5 heteroatoms. The Bertz CT molecular complexity index is 556. The Labute approximate surface area is 124 Å². The third-order valence-electron chi connectivity index (χ3n) is 3.77. The molecule has 1 saturated heterocycles. The van der Waals surface area contributed by atoms with Crippen LogP contribution >= 0.6 is 0 Å². The van der Waals surface area contributed by atoms with Crippen LogP contribution in [0, 0.1) is 28.5 Å². The van der Waals surface area contributed by atoms with E-state index in [4.69, 9.17) is 15.3 Å². The van der Waals surface area contributed by atoms with Crippen molar-refractivity contribution in [1.29, 1.82) is 10.5 Å². The molecule has 1 fully saturated rings. The zero-order valence-electron chi connectivity index (χ0n) is 11.9. The molecule has 110 valence electrons. The van der Waals surface area contributed by atoms with Gasteiger partial charge in [-0.2, -0.15) is 10.5 Å². The van der Waals surface area contributed by atoms with E-state index in [9.17, 15) is 4.39 Å². The van der Waals surface area contributed by atoms with Gasteiger partial charge >= 0.3 is 0 Å². The van der Waals surface area contributed by atoms with Gasteiger partial charge in [-0.25, -0.2) is 4.39 Å². The number of rotatable bonds is 5. The summed E-state index contributed by atoms with van der Waals surface area (Å²) in [7, 11) is 0. The summed E-state index contributed by atoms with van der Waals surface area (Å²) in [5.41, 5.74) is 0.970. The zero-order valence-corrected chi connectivity index (χ0v) is 11.9. The first-order valence-corrected chi connectivity index (χ1v) is 7.12. The highest BCUT2D eigenvalue weighted by Crippen LogP contribution is 2.20. The summed E-state index contributed by atoms with van der Waals surface area (Å²) >= 11 is 0. The third-order valence-corrected chi connectivity index (χ3v) is 3.77. The van der Waals surface area contributed by atoms with E-state index in [0.29, 0.717) is 49.9 Å². The first-order valence-electron chi connectivity index (χ1n) is 7.12. The largest absolute Gasteiger partial charge is 0.381 e. The van der Waals surface area contributed by atoms with Crippen molar-refractivity contribution < 1.29 is 9.13 Å². The first kappa shape index (κ1) is 15.4. The number of halogens is 1. The van der Waals surface area contributed by atoms with Crippen LogP contribution in [-0.4, -0.2) is 30.7 Å². The fourth-order valence-electron chi connectivity index (χ4n) is 2.62. The van der Waals surface area contributed by atoms with Crippen molar-refractivity contribution in [3.05, 3.63) is 35.1 Å². The van der Waals surface area contributed by atoms with E-state index in [1.807, 2.05) is 6.07 Å². The maximum atomic E-state index is 13.9. The average Bonchev–Trinajstić information content (AvgIpc) is 2.54. The molecule has 0 saturated carbocycles. The molecule has 0 N–H and O–H groups in total. The summed E-state index contributed by atoms with van der Waals surface area (Å²) in [5.74, 6) is -0.303. The summed E-state index contributed by atoms with van der Waals surface area (Å²) in [4.78, 5) is 2.13. The maximum Gasteiger partial charge on any atom is 0.127 e. The molecule has 0 spiro atoms. The van der Waals surface area contributed by atoms with Gasteiger partial charge in [0.1, 0.15) is 5.82 Å². The second kappa shape index (κ2) is 7.73. The van der Waals surface area contributed by atoms with Gasteiger partial charge in [-0.05, 0) is 31.0 Å². The van der Waals surface area contributed by atoms with Gasteiger partial charge in [0.25, 0.3) is 0 Å². The summed E-state index contributed by atoms with van der Waals surface area (Å²) in [5, 5.41) is 17.7. The van der Waals surface area contributed by atoms with Crippen LogP contribution in [0.1, 0.15) is 30.4 Å². The monoisotopic (exact) mass is 287 g/mol. The van der Waals surface area contributed by atoms with Gasteiger partial charge in [0, 0.05) is 44.3 Å². The Hall–Kier alpha value is -1.95. The average molecular weight is 287 g/mol. The number of ether oxygens (including phenoxy) is 1. The van der Waals surface area contributed by atoms with Gasteiger partial charge in [-0.15, -0.1) is 0 Å². The molecular formula is C16H18FN3O. The Morgan fingerprint density at radius 2 is 2.05 bits per heavy atom. The molecule has 1 aromatic carbocycles. The molecular weight excluding hydrogens is 269 g/mol. The number of nitrogens with zero attached hydrogens (tertiary/aromatic N) is 3. The summed E-state index contributed by atoms with van der Waals surface area (Å²) < 4.78 is 19.3. The molecule has 21 heavy (non-hydrogen) atoms. The zero-order chi connectivity index (χ0) is 15.1. The fraction of sp³-hybridized carbons (Fsp3) is 0.500. The summed E-state index contributed by atoms with van der Waals surface area (Å²) in [6.45, 7) is 2.44. The highest BCUT2D eigenvalue weighted by atomic mass is 19.1. The van der Waals surface area contributed by atoms with E-state index < -0.39 is 0 Å². The van der Waals surface area contributed by atoms with Gasteiger partial charge in [0.2, 0.25) is 0 Å². The minimum atomic E-state index is -0.303. The minimum absolute atomic E-state index is 0.303. The molecule has 1 heterocycles. The SMILES string of the molecule is N#CCCN(Cc1cc(C#N)ccc1F)C1CCOCC1. The summed E-state index contributed by atoms with van der Waals surface area (Å²) in [6.07, 6.45) is 2.20. The number of hydrogen-bond acceptors (Lipinski definition) is 4. The van der Waals surface area contributed by atoms with Crippen LogP contribution < -0.4 is 0 Å². The van der Waals surface area contributed by atoms with Crippen molar-refractivity contribution in [3.63, 3.8) is 0 Å². The Morgan fingerprint density at radius 1 is 1.29 bits per heavy atom. The van der Waals surface area contributed by atoms with Crippen molar-refractivity contribution in [2.45, 2.75) is 31.8 Å². The Balaban J connectivity index is 2.14. The normalized spacial score (nSPS) is 15.6. The van der Waals surface area contributed by atoms with Crippen LogP contribution in [0.4, 0.5) is 4.39 Å². The molecule has 1 aliphatic heterocycles. The van der Waals surface area contributed by atoms with Gasteiger partial charge in [-0.3, -0.25) is 4.90 Å². The van der Waals surface area contributed by atoms with Crippen molar-refractivity contribution in [3.8, 4) is 12.1 Å². The van der Waals surface area contributed by atoms with E-state index in [-0.39, 0.29) is 5.82 Å². The van der Waals surface area contributed by atoms with Crippen molar-refractivity contribution in [2.24, 2.45) is 0 Å². The van der Waals surface area contributed by atoms with E-state index >= 15 is 0 Å². The maximum absolute atomic E-state index is 13.9. The lowest BCUT2D eigenvalue weighted by molar-refractivity contribution is 0.0314. The van der Waals surface area contributed by atoms with Gasteiger partial charge in [-0.1, -0.05) is 0 Å². The van der Waals surface area contributed by atoms with Crippen LogP contribution in [0.3, 0.4) is 0 Å². The van der Waals surface area contributed by atoms with Crippen molar-refractivity contribution in [2.75, 3.05) is 19.8 Å².